The number of hydrogen-bond acceptors (Lipinski definition) is 4. The molecule has 1 aromatic heterocycles. The molecule has 0 N–H and O–H groups in total. The van der Waals surface area contributed by atoms with E-state index in [2.05, 4.69) is 34.9 Å². The van der Waals surface area contributed by atoms with Crippen LogP contribution in [0.5, 0.6) is 17.2 Å². The summed E-state index contributed by atoms with van der Waals surface area (Å²) in [5, 5.41) is 4.04. The number of fused-ring (bicyclic) bond motifs is 4. The van der Waals surface area contributed by atoms with Crippen LogP contribution in [0.15, 0.2) is 91.0 Å². The molecular formula is C30H24N2O3. The molecule has 0 bridgehead atoms. The molecule has 0 radical (unpaired) electrons. The maximum Gasteiger partial charge on any atom is 0.151 e. The average Bonchev–Trinajstić information content (AvgIpc) is 3.31. The summed E-state index contributed by atoms with van der Waals surface area (Å²) in [5.41, 5.74) is 3.69. The van der Waals surface area contributed by atoms with Crippen LogP contribution in [0.1, 0.15) is 0 Å². The highest BCUT2D eigenvalue weighted by Crippen LogP contribution is 2.44. The molecule has 172 valence electrons. The summed E-state index contributed by atoms with van der Waals surface area (Å²) in [6.45, 7) is 0. The van der Waals surface area contributed by atoms with Gasteiger partial charge in [-0.1, -0.05) is 78.9 Å². The minimum atomic E-state index is 0.762. The first-order valence-corrected chi connectivity index (χ1v) is 11.4. The van der Waals surface area contributed by atoms with Crippen LogP contribution in [0, 0.1) is 0 Å². The molecule has 0 saturated carbocycles. The van der Waals surface area contributed by atoms with Crippen molar-refractivity contribution in [3.8, 4) is 34.3 Å². The van der Waals surface area contributed by atoms with E-state index < -0.39 is 0 Å². The van der Waals surface area contributed by atoms with Gasteiger partial charge in [0.25, 0.3) is 0 Å². The monoisotopic (exact) mass is 460 g/mol. The Labute approximate surface area is 203 Å². The van der Waals surface area contributed by atoms with Crippen molar-refractivity contribution in [1.82, 2.24) is 9.55 Å². The highest BCUT2D eigenvalue weighted by atomic mass is 16.5. The van der Waals surface area contributed by atoms with Crippen molar-refractivity contribution >= 4 is 32.6 Å². The first-order valence-electron chi connectivity index (χ1n) is 11.4. The fourth-order valence-corrected chi connectivity index (χ4v) is 4.94. The molecule has 0 aliphatic rings. The molecule has 5 aromatic carbocycles. The van der Waals surface area contributed by atoms with E-state index in [1.54, 1.807) is 21.3 Å². The molecule has 0 spiro atoms. The number of benzene rings is 5. The smallest absolute Gasteiger partial charge is 0.151 e. The number of nitrogens with zero attached hydrogens (tertiary/aromatic N) is 2. The largest absolute Gasteiger partial charge is 0.496 e. The third-order valence-corrected chi connectivity index (χ3v) is 6.47. The summed E-state index contributed by atoms with van der Waals surface area (Å²) in [6.07, 6.45) is 0. The van der Waals surface area contributed by atoms with Crippen LogP contribution in [0.3, 0.4) is 0 Å². The van der Waals surface area contributed by atoms with Gasteiger partial charge in [0.15, 0.2) is 5.75 Å². The topological polar surface area (TPSA) is 45.5 Å². The number of methoxy groups -OCH3 is 3. The van der Waals surface area contributed by atoms with Gasteiger partial charge in [-0.3, -0.25) is 4.57 Å². The summed E-state index contributed by atoms with van der Waals surface area (Å²) in [5.74, 6) is 3.14. The summed E-state index contributed by atoms with van der Waals surface area (Å²) in [7, 11) is 5.10. The van der Waals surface area contributed by atoms with Crippen LogP contribution in [0.25, 0.3) is 49.7 Å². The molecule has 0 aliphatic heterocycles. The highest BCUT2D eigenvalue weighted by molar-refractivity contribution is 6.10. The lowest BCUT2D eigenvalue weighted by atomic mass is 10.1. The quantitative estimate of drug-likeness (QED) is 0.277. The Morgan fingerprint density at radius 3 is 1.83 bits per heavy atom. The molecule has 35 heavy (non-hydrogen) atoms. The molecule has 0 aliphatic carbocycles. The fraction of sp³-hybridized carbons (Fsp3) is 0.100. The van der Waals surface area contributed by atoms with Gasteiger partial charge in [-0.05, 0) is 0 Å². The lowest BCUT2D eigenvalue weighted by molar-refractivity contribution is 0.409. The lowest BCUT2D eigenvalue weighted by Crippen LogP contribution is -2.03. The van der Waals surface area contributed by atoms with E-state index in [0.29, 0.717) is 0 Å². The summed E-state index contributed by atoms with van der Waals surface area (Å²) in [6, 6.07) is 30.6. The lowest BCUT2D eigenvalue weighted by Gasteiger charge is -2.19. The highest BCUT2D eigenvalue weighted by Gasteiger charge is 2.23. The second-order valence-corrected chi connectivity index (χ2v) is 8.31. The second kappa shape index (κ2) is 8.37. The van der Waals surface area contributed by atoms with Gasteiger partial charge >= 0.3 is 0 Å². The van der Waals surface area contributed by atoms with Crippen LogP contribution < -0.4 is 14.2 Å². The standard InChI is InChI=1S/C30H24N2O3/c1-33-26-17-24-28(22-15-9-7-13-20(22)26)32(30(31-24)19-11-5-4-6-12-19)25-18-27(34-2)21-14-8-10-16-23(21)29(25)35-3/h4-18H,1-3H3. The molecule has 6 aromatic rings. The Morgan fingerprint density at radius 1 is 0.600 bits per heavy atom. The molecule has 0 fully saturated rings. The van der Waals surface area contributed by atoms with Crippen LogP contribution in [-0.4, -0.2) is 30.9 Å². The third kappa shape index (κ3) is 3.20. The SMILES string of the molecule is COc1cc(-n2c(-c3ccccc3)nc3cc(OC)c4ccccc4c32)c(OC)c2ccccc12. The average molecular weight is 461 g/mol. The van der Waals surface area contributed by atoms with Crippen molar-refractivity contribution in [2.24, 2.45) is 0 Å². The zero-order chi connectivity index (χ0) is 23.9. The summed E-state index contributed by atoms with van der Waals surface area (Å²) in [4.78, 5) is 5.12. The van der Waals surface area contributed by atoms with Crippen molar-refractivity contribution in [2.45, 2.75) is 0 Å². The molecule has 0 unspecified atom stereocenters. The summed E-state index contributed by atoms with van der Waals surface area (Å²) >= 11 is 0. The molecule has 1 heterocycles. The van der Waals surface area contributed by atoms with Gasteiger partial charge in [0.2, 0.25) is 0 Å². The molecule has 0 saturated heterocycles. The molecule has 6 rings (SSSR count). The van der Waals surface area contributed by atoms with Gasteiger partial charge in [-0.2, -0.15) is 0 Å². The second-order valence-electron chi connectivity index (χ2n) is 8.31. The maximum absolute atomic E-state index is 6.05. The van der Waals surface area contributed by atoms with Gasteiger partial charge in [-0.15, -0.1) is 0 Å². The van der Waals surface area contributed by atoms with E-state index >= 15 is 0 Å². The van der Waals surface area contributed by atoms with Crippen molar-refractivity contribution in [3.05, 3.63) is 91.0 Å². The predicted octanol–water partition coefficient (Wildman–Crippen LogP) is 7.02. The minimum Gasteiger partial charge on any atom is -0.496 e. The molecule has 5 nitrogen and oxygen atoms in total. The Morgan fingerprint density at radius 2 is 1.17 bits per heavy atom. The fourth-order valence-electron chi connectivity index (χ4n) is 4.94. The number of ether oxygens (including phenoxy) is 3. The van der Waals surface area contributed by atoms with E-state index in [1.807, 2.05) is 60.7 Å². The number of aromatic nitrogens is 2. The van der Waals surface area contributed by atoms with E-state index in [-0.39, 0.29) is 0 Å². The van der Waals surface area contributed by atoms with Gasteiger partial charge in [0, 0.05) is 39.2 Å². The number of rotatable bonds is 5. The van der Waals surface area contributed by atoms with Gasteiger partial charge in [0.1, 0.15) is 17.3 Å². The van der Waals surface area contributed by atoms with Crippen LogP contribution in [0.4, 0.5) is 0 Å². The maximum atomic E-state index is 6.05. The summed E-state index contributed by atoms with van der Waals surface area (Å²) < 4.78 is 19.8. The van der Waals surface area contributed by atoms with E-state index in [9.17, 15) is 0 Å². The third-order valence-electron chi connectivity index (χ3n) is 6.47. The normalized spacial score (nSPS) is 11.3. The number of hydrogen-bond donors (Lipinski definition) is 0. The van der Waals surface area contributed by atoms with E-state index in [0.717, 1.165) is 66.9 Å². The predicted molar refractivity (Wildman–Crippen MR) is 141 cm³/mol. The van der Waals surface area contributed by atoms with Gasteiger partial charge in [-0.25, -0.2) is 4.98 Å². The first kappa shape index (κ1) is 21.1. The van der Waals surface area contributed by atoms with Gasteiger partial charge in [0.05, 0.1) is 38.1 Å². The van der Waals surface area contributed by atoms with E-state index in [1.165, 1.54) is 0 Å². The molecule has 5 heteroatoms. The van der Waals surface area contributed by atoms with Crippen molar-refractivity contribution in [2.75, 3.05) is 21.3 Å². The van der Waals surface area contributed by atoms with Crippen molar-refractivity contribution in [1.29, 1.82) is 0 Å². The zero-order valence-corrected chi connectivity index (χ0v) is 19.8. The number of imidazole rings is 1. The van der Waals surface area contributed by atoms with Gasteiger partial charge < -0.3 is 14.2 Å². The molecule has 0 amide bonds. The van der Waals surface area contributed by atoms with Crippen LogP contribution >= 0.6 is 0 Å². The van der Waals surface area contributed by atoms with E-state index in [4.69, 9.17) is 19.2 Å². The molecular weight excluding hydrogens is 436 g/mol. The van der Waals surface area contributed by atoms with Crippen LogP contribution in [-0.2, 0) is 0 Å². The zero-order valence-electron chi connectivity index (χ0n) is 19.8. The Balaban J connectivity index is 1.84. The van der Waals surface area contributed by atoms with Crippen molar-refractivity contribution < 1.29 is 14.2 Å². The first-order chi connectivity index (χ1) is 17.2. The minimum absolute atomic E-state index is 0.762. The molecule has 0 atom stereocenters. The Bertz CT molecular complexity index is 1700. The van der Waals surface area contributed by atoms with Crippen LogP contribution in [0.2, 0.25) is 0 Å². The Hall–Kier alpha value is -4.51. The Kier molecular flexibility index (Phi) is 5.03. The van der Waals surface area contributed by atoms with Crippen molar-refractivity contribution in [3.63, 3.8) is 0 Å².